The largest absolute Gasteiger partial charge is 0.496 e. The number of benzene rings is 1. The van der Waals surface area contributed by atoms with E-state index >= 15 is 0 Å². The smallest absolute Gasteiger partial charge is 0.308 e. The average Bonchev–Trinajstić information content (AvgIpc) is 2.59. The van der Waals surface area contributed by atoms with E-state index in [4.69, 9.17) is 9.47 Å². The van der Waals surface area contributed by atoms with Crippen LogP contribution in [-0.4, -0.2) is 44.1 Å². The van der Waals surface area contributed by atoms with E-state index in [2.05, 4.69) is 6.07 Å². The maximum atomic E-state index is 12.3. The predicted octanol–water partition coefficient (Wildman–Crippen LogP) is 2.35. The summed E-state index contributed by atoms with van der Waals surface area (Å²) in [5.74, 6) is 0.797. The van der Waals surface area contributed by atoms with Crippen molar-refractivity contribution in [3.8, 4) is 5.75 Å². The van der Waals surface area contributed by atoms with Gasteiger partial charge in [-0.2, -0.15) is 0 Å². The molecular formula is C18H25NO4. The van der Waals surface area contributed by atoms with Gasteiger partial charge in [0, 0.05) is 19.5 Å². The number of esters is 1. The van der Waals surface area contributed by atoms with Crippen molar-refractivity contribution in [3.05, 3.63) is 29.3 Å². The second kappa shape index (κ2) is 7.99. The molecule has 0 saturated carbocycles. The van der Waals surface area contributed by atoms with Crippen LogP contribution in [0.4, 0.5) is 0 Å². The number of piperidine rings is 1. The zero-order valence-electron chi connectivity index (χ0n) is 14.1. The lowest BCUT2D eigenvalue weighted by atomic mass is 9.96. The molecule has 0 aromatic heterocycles. The van der Waals surface area contributed by atoms with Crippen molar-refractivity contribution < 1.29 is 19.1 Å². The Balaban J connectivity index is 1.82. The highest BCUT2D eigenvalue weighted by molar-refractivity contribution is 5.77. The Hall–Kier alpha value is -2.04. The fraction of sp³-hybridized carbons (Fsp3) is 0.556. The summed E-state index contributed by atoms with van der Waals surface area (Å²) in [4.78, 5) is 25.7. The predicted molar refractivity (Wildman–Crippen MR) is 87.4 cm³/mol. The van der Waals surface area contributed by atoms with Gasteiger partial charge in [-0.15, -0.1) is 0 Å². The van der Waals surface area contributed by atoms with E-state index in [1.165, 1.54) is 7.11 Å². The molecule has 5 nitrogen and oxygen atoms in total. The van der Waals surface area contributed by atoms with Crippen LogP contribution in [0.1, 0.15) is 30.4 Å². The van der Waals surface area contributed by atoms with Crippen molar-refractivity contribution in [1.29, 1.82) is 0 Å². The Labute approximate surface area is 137 Å². The number of rotatable bonds is 5. The van der Waals surface area contributed by atoms with E-state index in [0.717, 1.165) is 23.3 Å². The van der Waals surface area contributed by atoms with Crippen LogP contribution < -0.4 is 4.74 Å². The number of nitrogens with zero attached hydrogens (tertiary/aromatic N) is 1. The van der Waals surface area contributed by atoms with Gasteiger partial charge >= 0.3 is 5.97 Å². The maximum absolute atomic E-state index is 12.3. The standard InChI is InChI=1S/C18H25NO4/c1-13-12-14(4-6-16(13)22-2)5-7-17(20)19-10-8-15(9-11-19)18(21)23-3/h4,6,12,15H,5,7-11H2,1-3H3. The number of aryl methyl sites for hydroxylation is 2. The van der Waals surface area contributed by atoms with E-state index in [1.54, 1.807) is 7.11 Å². The Morgan fingerprint density at radius 2 is 1.91 bits per heavy atom. The third-order valence-electron chi connectivity index (χ3n) is 4.47. The number of methoxy groups -OCH3 is 2. The summed E-state index contributed by atoms with van der Waals surface area (Å²) in [6, 6.07) is 6.01. The Morgan fingerprint density at radius 1 is 1.22 bits per heavy atom. The number of ether oxygens (including phenoxy) is 2. The fourth-order valence-corrected chi connectivity index (χ4v) is 3.04. The molecule has 0 atom stereocenters. The molecule has 5 heteroatoms. The van der Waals surface area contributed by atoms with Gasteiger partial charge in [-0.05, 0) is 43.4 Å². The summed E-state index contributed by atoms with van der Waals surface area (Å²) in [5.41, 5.74) is 2.22. The first kappa shape index (κ1) is 17.3. The molecule has 1 saturated heterocycles. The van der Waals surface area contributed by atoms with E-state index in [1.807, 2.05) is 24.0 Å². The number of hydrogen-bond donors (Lipinski definition) is 0. The van der Waals surface area contributed by atoms with Crippen LogP contribution >= 0.6 is 0 Å². The van der Waals surface area contributed by atoms with E-state index in [9.17, 15) is 9.59 Å². The molecule has 23 heavy (non-hydrogen) atoms. The molecule has 0 N–H and O–H groups in total. The van der Waals surface area contributed by atoms with Gasteiger partial charge in [0.1, 0.15) is 5.75 Å². The normalized spacial score (nSPS) is 15.3. The van der Waals surface area contributed by atoms with Gasteiger partial charge in [0.15, 0.2) is 0 Å². The molecule has 1 aliphatic rings. The topological polar surface area (TPSA) is 55.8 Å². The monoisotopic (exact) mass is 319 g/mol. The molecule has 0 aliphatic carbocycles. The first-order valence-electron chi connectivity index (χ1n) is 8.04. The van der Waals surface area contributed by atoms with Crippen LogP contribution in [0.25, 0.3) is 0 Å². The van der Waals surface area contributed by atoms with Gasteiger partial charge < -0.3 is 14.4 Å². The van der Waals surface area contributed by atoms with Crippen LogP contribution in [0.3, 0.4) is 0 Å². The van der Waals surface area contributed by atoms with E-state index in [-0.39, 0.29) is 17.8 Å². The Morgan fingerprint density at radius 3 is 2.48 bits per heavy atom. The van der Waals surface area contributed by atoms with Crippen LogP contribution in [0.5, 0.6) is 5.75 Å². The van der Waals surface area contributed by atoms with Crippen molar-refractivity contribution in [1.82, 2.24) is 4.90 Å². The first-order valence-corrected chi connectivity index (χ1v) is 8.04. The van der Waals surface area contributed by atoms with Crippen LogP contribution in [0, 0.1) is 12.8 Å². The maximum Gasteiger partial charge on any atom is 0.308 e. The van der Waals surface area contributed by atoms with Crippen molar-refractivity contribution in [2.75, 3.05) is 27.3 Å². The fourth-order valence-electron chi connectivity index (χ4n) is 3.04. The van der Waals surface area contributed by atoms with Gasteiger partial charge in [0.25, 0.3) is 0 Å². The second-order valence-corrected chi connectivity index (χ2v) is 5.98. The lowest BCUT2D eigenvalue weighted by Gasteiger charge is -2.30. The van der Waals surface area contributed by atoms with Crippen molar-refractivity contribution in [2.24, 2.45) is 5.92 Å². The van der Waals surface area contributed by atoms with Crippen LogP contribution in [0.2, 0.25) is 0 Å². The molecule has 126 valence electrons. The second-order valence-electron chi connectivity index (χ2n) is 5.98. The highest BCUT2D eigenvalue weighted by atomic mass is 16.5. The van der Waals surface area contributed by atoms with Crippen molar-refractivity contribution in [2.45, 2.75) is 32.6 Å². The van der Waals surface area contributed by atoms with Crippen molar-refractivity contribution in [3.63, 3.8) is 0 Å². The Kier molecular flexibility index (Phi) is 6.02. The molecule has 1 heterocycles. The number of likely N-dealkylation sites (tertiary alicyclic amines) is 1. The SMILES string of the molecule is COC(=O)C1CCN(C(=O)CCc2ccc(OC)c(C)c2)CC1. The number of carbonyl (C=O) groups is 2. The third-order valence-corrected chi connectivity index (χ3v) is 4.47. The highest BCUT2D eigenvalue weighted by Gasteiger charge is 2.27. The van der Waals surface area contributed by atoms with Crippen LogP contribution in [-0.2, 0) is 20.7 Å². The molecule has 1 aromatic carbocycles. The van der Waals surface area contributed by atoms with Crippen molar-refractivity contribution >= 4 is 11.9 Å². The van der Waals surface area contributed by atoms with Gasteiger partial charge in [-0.3, -0.25) is 9.59 Å². The molecule has 0 spiro atoms. The zero-order valence-corrected chi connectivity index (χ0v) is 14.1. The highest BCUT2D eigenvalue weighted by Crippen LogP contribution is 2.21. The minimum Gasteiger partial charge on any atom is -0.496 e. The van der Waals surface area contributed by atoms with E-state index in [0.29, 0.717) is 32.4 Å². The van der Waals surface area contributed by atoms with Crippen LogP contribution in [0.15, 0.2) is 18.2 Å². The molecular weight excluding hydrogens is 294 g/mol. The quantitative estimate of drug-likeness (QED) is 0.782. The average molecular weight is 319 g/mol. The lowest BCUT2D eigenvalue weighted by molar-refractivity contribution is -0.148. The zero-order chi connectivity index (χ0) is 16.8. The number of hydrogen-bond acceptors (Lipinski definition) is 4. The number of amides is 1. The molecule has 2 rings (SSSR count). The summed E-state index contributed by atoms with van der Waals surface area (Å²) in [7, 11) is 3.07. The third kappa shape index (κ3) is 4.47. The molecule has 0 radical (unpaired) electrons. The van der Waals surface area contributed by atoms with Gasteiger partial charge in [0.05, 0.1) is 20.1 Å². The molecule has 1 aromatic rings. The summed E-state index contributed by atoms with van der Waals surface area (Å²) in [5, 5.41) is 0. The lowest BCUT2D eigenvalue weighted by Crippen LogP contribution is -2.40. The number of carbonyl (C=O) groups excluding carboxylic acids is 2. The van der Waals surface area contributed by atoms with Gasteiger partial charge in [-0.1, -0.05) is 12.1 Å². The molecule has 0 bridgehead atoms. The summed E-state index contributed by atoms with van der Waals surface area (Å²) in [6.07, 6.45) is 2.61. The Bertz CT molecular complexity index is 562. The summed E-state index contributed by atoms with van der Waals surface area (Å²) in [6.45, 7) is 3.28. The molecule has 0 unspecified atom stereocenters. The first-order chi connectivity index (χ1) is 11.0. The minimum absolute atomic E-state index is 0.0618. The van der Waals surface area contributed by atoms with E-state index < -0.39 is 0 Å². The molecule has 1 fully saturated rings. The van der Waals surface area contributed by atoms with Gasteiger partial charge in [0.2, 0.25) is 5.91 Å². The summed E-state index contributed by atoms with van der Waals surface area (Å²) < 4.78 is 10.0. The molecule has 1 amide bonds. The summed E-state index contributed by atoms with van der Waals surface area (Å²) >= 11 is 0. The van der Waals surface area contributed by atoms with Gasteiger partial charge in [-0.25, -0.2) is 0 Å². The molecule has 1 aliphatic heterocycles. The minimum atomic E-state index is -0.161.